The number of carbonyl (C=O) groups excluding carboxylic acids is 1. The Morgan fingerprint density at radius 3 is 2.36 bits per heavy atom. The maximum absolute atomic E-state index is 12.4. The molecule has 22 heavy (non-hydrogen) atoms. The van der Waals surface area contributed by atoms with Crippen LogP contribution in [0.5, 0.6) is 0 Å². The van der Waals surface area contributed by atoms with Crippen molar-refractivity contribution in [3.05, 3.63) is 70.8 Å². The standard InChI is InChI=1S/C19H18N2O/c1-14-5-4-6-16(11-14)19(22)17(13-20)12-15-7-9-18(10-8-15)21(2)3/h4-12H,1-3H3/b17-12+. The number of nitrogens with zero attached hydrogens (tertiary/aromatic N) is 2. The minimum absolute atomic E-state index is 0.142. The summed E-state index contributed by atoms with van der Waals surface area (Å²) in [5.74, 6) is -0.247. The Morgan fingerprint density at radius 2 is 1.82 bits per heavy atom. The average molecular weight is 290 g/mol. The van der Waals surface area contributed by atoms with Crippen LogP contribution in [0.2, 0.25) is 0 Å². The number of anilines is 1. The van der Waals surface area contributed by atoms with Crippen molar-refractivity contribution in [3.8, 4) is 6.07 Å². The normalized spacial score (nSPS) is 10.9. The number of Topliss-reactive ketones (excluding diaryl/α,β-unsaturated/α-hetero) is 1. The fourth-order valence-electron chi connectivity index (χ4n) is 2.13. The molecular formula is C19H18N2O. The molecule has 3 heteroatoms. The molecule has 2 aromatic rings. The van der Waals surface area contributed by atoms with Gasteiger partial charge in [0.05, 0.1) is 0 Å². The molecule has 0 unspecified atom stereocenters. The lowest BCUT2D eigenvalue weighted by molar-refractivity contribution is 0.104. The second kappa shape index (κ2) is 6.73. The third-order valence-electron chi connectivity index (χ3n) is 3.37. The van der Waals surface area contributed by atoms with Gasteiger partial charge >= 0.3 is 0 Å². The van der Waals surface area contributed by atoms with Gasteiger partial charge in [-0.1, -0.05) is 35.9 Å². The Balaban J connectivity index is 2.31. The van der Waals surface area contributed by atoms with Gasteiger partial charge in [-0.3, -0.25) is 4.79 Å². The van der Waals surface area contributed by atoms with E-state index in [-0.39, 0.29) is 11.4 Å². The van der Waals surface area contributed by atoms with Crippen molar-refractivity contribution in [1.29, 1.82) is 5.26 Å². The maximum Gasteiger partial charge on any atom is 0.203 e. The third-order valence-corrected chi connectivity index (χ3v) is 3.37. The summed E-state index contributed by atoms with van der Waals surface area (Å²) < 4.78 is 0. The van der Waals surface area contributed by atoms with E-state index in [4.69, 9.17) is 0 Å². The Hall–Kier alpha value is -2.86. The molecule has 3 nitrogen and oxygen atoms in total. The minimum atomic E-state index is -0.247. The van der Waals surface area contributed by atoms with Crippen molar-refractivity contribution in [1.82, 2.24) is 0 Å². The minimum Gasteiger partial charge on any atom is -0.378 e. The molecule has 0 radical (unpaired) electrons. The number of hydrogen-bond acceptors (Lipinski definition) is 3. The van der Waals surface area contributed by atoms with E-state index in [9.17, 15) is 10.1 Å². The van der Waals surface area contributed by atoms with Gasteiger partial charge in [0.25, 0.3) is 0 Å². The Kier molecular flexibility index (Phi) is 4.75. The van der Waals surface area contributed by atoms with Crippen LogP contribution >= 0.6 is 0 Å². The molecule has 0 saturated heterocycles. The average Bonchev–Trinajstić information content (AvgIpc) is 2.52. The summed E-state index contributed by atoms with van der Waals surface area (Å²) in [7, 11) is 3.93. The van der Waals surface area contributed by atoms with E-state index < -0.39 is 0 Å². The molecular weight excluding hydrogens is 272 g/mol. The SMILES string of the molecule is Cc1cccc(C(=O)/C(C#N)=C/c2ccc(N(C)C)cc2)c1. The Labute approximate surface area is 131 Å². The van der Waals surface area contributed by atoms with Crippen LogP contribution in [0.15, 0.2) is 54.1 Å². The van der Waals surface area contributed by atoms with Crippen molar-refractivity contribution >= 4 is 17.5 Å². The highest BCUT2D eigenvalue weighted by Crippen LogP contribution is 2.17. The zero-order valence-electron chi connectivity index (χ0n) is 13.0. The van der Waals surface area contributed by atoms with E-state index in [1.165, 1.54) is 0 Å². The second-order valence-electron chi connectivity index (χ2n) is 5.35. The number of allylic oxidation sites excluding steroid dienone is 1. The number of ketones is 1. The van der Waals surface area contributed by atoms with Gasteiger partial charge in [-0.2, -0.15) is 5.26 Å². The lowest BCUT2D eigenvalue weighted by Gasteiger charge is -2.11. The van der Waals surface area contributed by atoms with Crippen molar-refractivity contribution in [2.45, 2.75) is 6.92 Å². The fraction of sp³-hybridized carbons (Fsp3) is 0.158. The number of benzene rings is 2. The van der Waals surface area contributed by atoms with Crippen molar-refractivity contribution < 1.29 is 4.79 Å². The maximum atomic E-state index is 12.4. The van der Waals surface area contributed by atoms with Gasteiger partial charge in [0.2, 0.25) is 5.78 Å². The monoisotopic (exact) mass is 290 g/mol. The number of aryl methyl sites for hydroxylation is 1. The summed E-state index contributed by atoms with van der Waals surface area (Å²) in [6.45, 7) is 1.92. The molecule has 0 N–H and O–H groups in total. The van der Waals surface area contributed by atoms with E-state index in [1.54, 1.807) is 18.2 Å². The van der Waals surface area contributed by atoms with Crippen LogP contribution in [0.3, 0.4) is 0 Å². The first-order valence-corrected chi connectivity index (χ1v) is 7.02. The van der Waals surface area contributed by atoms with Gasteiger partial charge in [-0.05, 0) is 36.8 Å². The van der Waals surface area contributed by atoms with Crippen LogP contribution < -0.4 is 4.90 Å². The molecule has 0 aliphatic carbocycles. The quantitative estimate of drug-likeness (QED) is 0.488. The van der Waals surface area contributed by atoms with E-state index in [0.717, 1.165) is 16.8 Å². The molecule has 0 heterocycles. The van der Waals surface area contributed by atoms with Crippen LogP contribution in [-0.4, -0.2) is 19.9 Å². The lowest BCUT2D eigenvalue weighted by atomic mass is 10.0. The van der Waals surface area contributed by atoms with Crippen molar-refractivity contribution in [2.75, 3.05) is 19.0 Å². The molecule has 0 amide bonds. The molecule has 0 aliphatic rings. The van der Waals surface area contributed by atoms with Gasteiger partial charge in [0, 0.05) is 25.3 Å². The van der Waals surface area contributed by atoms with E-state index in [0.29, 0.717) is 5.56 Å². The third kappa shape index (κ3) is 3.62. The van der Waals surface area contributed by atoms with E-state index in [1.807, 2.05) is 68.4 Å². The van der Waals surface area contributed by atoms with Crippen LogP contribution in [-0.2, 0) is 0 Å². The van der Waals surface area contributed by atoms with Gasteiger partial charge in [-0.15, -0.1) is 0 Å². The smallest absolute Gasteiger partial charge is 0.203 e. The topological polar surface area (TPSA) is 44.1 Å². The van der Waals surface area contributed by atoms with Gasteiger partial charge in [0.15, 0.2) is 0 Å². The molecule has 0 atom stereocenters. The number of nitriles is 1. The van der Waals surface area contributed by atoms with Crippen LogP contribution in [0.1, 0.15) is 21.5 Å². The first kappa shape index (κ1) is 15.5. The molecule has 0 saturated carbocycles. The zero-order valence-corrected chi connectivity index (χ0v) is 13.0. The molecule has 110 valence electrons. The second-order valence-corrected chi connectivity index (χ2v) is 5.35. The lowest BCUT2D eigenvalue weighted by Crippen LogP contribution is -2.08. The van der Waals surface area contributed by atoms with Gasteiger partial charge in [0.1, 0.15) is 11.6 Å². The highest BCUT2D eigenvalue weighted by Gasteiger charge is 2.12. The first-order valence-electron chi connectivity index (χ1n) is 7.02. The van der Waals surface area contributed by atoms with Crippen LogP contribution in [0.25, 0.3) is 6.08 Å². The predicted octanol–water partition coefficient (Wildman–Crippen LogP) is 3.85. The number of carbonyl (C=O) groups is 1. The fourth-order valence-corrected chi connectivity index (χ4v) is 2.13. The molecule has 0 aromatic heterocycles. The highest BCUT2D eigenvalue weighted by atomic mass is 16.1. The summed E-state index contributed by atoms with van der Waals surface area (Å²) in [4.78, 5) is 14.4. The van der Waals surface area contributed by atoms with Crippen molar-refractivity contribution in [2.24, 2.45) is 0 Å². The van der Waals surface area contributed by atoms with E-state index in [2.05, 4.69) is 0 Å². The molecule has 0 fully saturated rings. The van der Waals surface area contributed by atoms with Gasteiger partial charge in [-0.25, -0.2) is 0 Å². The zero-order chi connectivity index (χ0) is 16.1. The van der Waals surface area contributed by atoms with Crippen LogP contribution in [0.4, 0.5) is 5.69 Å². The Bertz CT molecular complexity index is 750. The summed E-state index contributed by atoms with van der Waals surface area (Å²) in [5, 5.41) is 9.28. The van der Waals surface area contributed by atoms with E-state index >= 15 is 0 Å². The van der Waals surface area contributed by atoms with Crippen LogP contribution in [0, 0.1) is 18.3 Å². The van der Waals surface area contributed by atoms with Gasteiger partial charge < -0.3 is 4.90 Å². The Morgan fingerprint density at radius 1 is 1.14 bits per heavy atom. The first-order chi connectivity index (χ1) is 10.5. The van der Waals surface area contributed by atoms with Crippen molar-refractivity contribution in [3.63, 3.8) is 0 Å². The molecule has 0 spiro atoms. The summed E-state index contributed by atoms with van der Waals surface area (Å²) in [6.07, 6.45) is 1.63. The number of rotatable bonds is 4. The summed E-state index contributed by atoms with van der Waals surface area (Å²) in [5.41, 5.74) is 3.59. The molecule has 2 aromatic carbocycles. The predicted molar refractivity (Wildman–Crippen MR) is 89.9 cm³/mol. The highest BCUT2D eigenvalue weighted by molar-refractivity contribution is 6.14. The number of hydrogen-bond donors (Lipinski definition) is 0. The molecule has 0 bridgehead atoms. The summed E-state index contributed by atoms with van der Waals surface area (Å²) >= 11 is 0. The molecule has 0 aliphatic heterocycles. The summed E-state index contributed by atoms with van der Waals surface area (Å²) in [6, 6.07) is 17.0. The largest absolute Gasteiger partial charge is 0.378 e. The molecule has 2 rings (SSSR count).